The minimum absolute atomic E-state index is 0.0273. The van der Waals surface area contributed by atoms with Crippen LogP contribution in [0.15, 0.2) is 4.90 Å². The number of rotatable bonds is 8. The number of aryl methyl sites for hydroxylation is 2. The van der Waals surface area contributed by atoms with Crippen molar-refractivity contribution >= 4 is 21.9 Å². The number of carbonyl (C=O) groups excluding carboxylic acids is 2. The van der Waals surface area contributed by atoms with Crippen LogP contribution in [0, 0.1) is 13.8 Å². The van der Waals surface area contributed by atoms with Gasteiger partial charge in [-0.2, -0.15) is 0 Å². The van der Waals surface area contributed by atoms with Crippen molar-refractivity contribution in [3.8, 4) is 0 Å². The molecular formula is C16H25N3O6S. The van der Waals surface area contributed by atoms with E-state index < -0.39 is 28.4 Å². The number of nitrogens with one attached hydrogen (secondary N) is 3. The molecule has 2 heterocycles. The van der Waals surface area contributed by atoms with Crippen LogP contribution in [0.3, 0.4) is 0 Å². The van der Waals surface area contributed by atoms with Crippen molar-refractivity contribution < 1.29 is 27.5 Å². The number of sulfonamides is 1. The van der Waals surface area contributed by atoms with Crippen LogP contribution in [-0.4, -0.2) is 57.7 Å². The van der Waals surface area contributed by atoms with Crippen LogP contribution in [0.4, 0.5) is 0 Å². The van der Waals surface area contributed by atoms with E-state index in [1.54, 1.807) is 20.8 Å². The Labute approximate surface area is 152 Å². The molecule has 0 saturated carbocycles. The van der Waals surface area contributed by atoms with Crippen LogP contribution in [-0.2, 0) is 24.3 Å². The van der Waals surface area contributed by atoms with Gasteiger partial charge in [0, 0.05) is 24.5 Å². The molecule has 2 rings (SSSR count). The molecule has 146 valence electrons. The van der Waals surface area contributed by atoms with Crippen LogP contribution in [0.25, 0.3) is 0 Å². The zero-order valence-corrected chi connectivity index (χ0v) is 16.0. The van der Waals surface area contributed by atoms with Crippen LogP contribution in [0.1, 0.15) is 41.5 Å². The summed E-state index contributed by atoms with van der Waals surface area (Å²) in [5, 5.41) is 2.64. The largest absolute Gasteiger partial charge is 0.462 e. The van der Waals surface area contributed by atoms with Crippen molar-refractivity contribution in [1.82, 2.24) is 15.0 Å². The van der Waals surface area contributed by atoms with Gasteiger partial charge in [0.05, 0.1) is 19.3 Å². The fraction of sp³-hybridized carbons (Fsp3) is 0.625. The van der Waals surface area contributed by atoms with Crippen molar-refractivity contribution in [3.05, 3.63) is 17.0 Å². The summed E-state index contributed by atoms with van der Waals surface area (Å²) in [4.78, 5) is 26.6. The van der Waals surface area contributed by atoms with E-state index >= 15 is 0 Å². The first kappa shape index (κ1) is 20.4. The van der Waals surface area contributed by atoms with Gasteiger partial charge < -0.3 is 19.8 Å². The summed E-state index contributed by atoms with van der Waals surface area (Å²) in [5.74, 6) is -1.19. The average molecular weight is 387 g/mol. The zero-order chi connectivity index (χ0) is 19.3. The standard InChI is InChI=1S/C16H25N3O6S/c1-4-24-16(21)14-10(2)19-11(3)15(14)26(22,23)18-9-13(20)17-8-12-6-5-7-25-12/h12,18-19H,4-9H2,1-3H3,(H,17,20). The van der Waals surface area contributed by atoms with E-state index in [1.165, 1.54) is 0 Å². The SMILES string of the molecule is CCOC(=O)c1c(C)[nH]c(C)c1S(=O)(=O)NCC(=O)NCC1CCCO1. The Morgan fingerprint density at radius 3 is 2.65 bits per heavy atom. The van der Waals surface area contributed by atoms with Gasteiger partial charge in [-0.1, -0.05) is 0 Å². The van der Waals surface area contributed by atoms with Gasteiger partial charge in [0.15, 0.2) is 0 Å². The predicted octanol–water partition coefficient (Wildman–Crippen LogP) is 0.382. The Hall–Kier alpha value is -1.91. The van der Waals surface area contributed by atoms with E-state index in [9.17, 15) is 18.0 Å². The smallest absolute Gasteiger partial charge is 0.341 e. The molecule has 1 amide bonds. The summed E-state index contributed by atoms with van der Waals surface area (Å²) in [5.41, 5.74) is 0.651. The third-order valence-corrected chi connectivity index (χ3v) is 5.61. The molecule has 26 heavy (non-hydrogen) atoms. The lowest BCUT2D eigenvalue weighted by Gasteiger charge is -2.12. The molecule has 0 aliphatic carbocycles. The minimum atomic E-state index is -4.07. The highest BCUT2D eigenvalue weighted by Crippen LogP contribution is 2.24. The molecular weight excluding hydrogens is 362 g/mol. The van der Waals surface area contributed by atoms with E-state index in [0.717, 1.165) is 12.8 Å². The molecule has 0 bridgehead atoms. The zero-order valence-electron chi connectivity index (χ0n) is 15.2. The normalized spacial score (nSPS) is 17.3. The molecule has 1 fully saturated rings. The van der Waals surface area contributed by atoms with E-state index in [-0.39, 0.29) is 23.2 Å². The summed E-state index contributed by atoms with van der Waals surface area (Å²) >= 11 is 0. The highest BCUT2D eigenvalue weighted by atomic mass is 32.2. The molecule has 3 N–H and O–H groups in total. The Morgan fingerprint density at radius 1 is 1.31 bits per heavy atom. The third kappa shape index (κ3) is 4.83. The van der Waals surface area contributed by atoms with Crippen LogP contribution < -0.4 is 10.0 Å². The number of esters is 1. The van der Waals surface area contributed by atoms with E-state index in [2.05, 4.69) is 15.0 Å². The Bertz CT molecular complexity index is 765. The number of carbonyl (C=O) groups is 2. The minimum Gasteiger partial charge on any atom is -0.462 e. The van der Waals surface area contributed by atoms with Gasteiger partial charge in [-0.15, -0.1) is 0 Å². The van der Waals surface area contributed by atoms with Crippen molar-refractivity contribution in [1.29, 1.82) is 0 Å². The molecule has 0 aromatic carbocycles. The van der Waals surface area contributed by atoms with Crippen LogP contribution in [0.5, 0.6) is 0 Å². The topological polar surface area (TPSA) is 127 Å². The molecule has 1 aliphatic rings. The van der Waals surface area contributed by atoms with Gasteiger partial charge in [0.25, 0.3) is 0 Å². The lowest BCUT2D eigenvalue weighted by Crippen LogP contribution is -2.40. The first-order valence-electron chi connectivity index (χ1n) is 8.50. The fourth-order valence-corrected chi connectivity index (χ4v) is 4.30. The molecule has 10 heteroatoms. The summed E-state index contributed by atoms with van der Waals surface area (Å²) in [7, 11) is -4.07. The highest BCUT2D eigenvalue weighted by Gasteiger charge is 2.30. The number of H-pyrrole nitrogens is 1. The lowest BCUT2D eigenvalue weighted by atomic mass is 10.2. The number of hydrogen-bond donors (Lipinski definition) is 3. The maximum absolute atomic E-state index is 12.6. The predicted molar refractivity (Wildman–Crippen MR) is 93.4 cm³/mol. The molecule has 1 saturated heterocycles. The quantitative estimate of drug-likeness (QED) is 0.554. The molecule has 1 aromatic rings. The third-order valence-electron chi connectivity index (χ3n) is 4.04. The summed E-state index contributed by atoms with van der Waals surface area (Å²) < 4.78 is 37.8. The number of ether oxygens (including phenoxy) is 2. The average Bonchev–Trinajstić information content (AvgIpc) is 3.18. The highest BCUT2D eigenvalue weighted by molar-refractivity contribution is 7.89. The summed E-state index contributed by atoms with van der Waals surface area (Å²) in [6.45, 7) is 5.49. The number of amides is 1. The van der Waals surface area contributed by atoms with Gasteiger partial charge in [-0.05, 0) is 33.6 Å². The van der Waals surface area contributed by atoms with E-state index in [0.29, 0.717) is 24.5 Å². The molecule has 1 unspecified atom stereocenters. The van der Waals surface area contributed by atoms with Crippen molar-refractivity contribution in [2.24, 2.45) is 0 Å². The first-order valence-corrected chi connectivity index (χ1v) is 9.98. The maximum atomic E-state index is 12.6. The summed E-state index contributed by atoms with van der Waals surface area (Å²) in [6.07, 6.45) is 1.80. The van der Waals surface area contributed by atoms with Crippen molar-refractivity contribution in [2.75, 3.05) is 26.3 Å². The van der Waals surface area contributed by atoms with Gasteiger partial charge >= 0.3 is 5.97 Å². The first-order chi connectivity index (χ1) is 12.3. The Balaban J connectivity index is 2.05. The molecule has 0 radical (unpaired) electrons. The van der Waals surface area contributed by atoms with Crippen molar-refractivity contribution in [2.45, 2.75) is 44.6 Å². The van der Waals surface area contributed by atoms with Gasteiger partial charge in [0.1, 0.15) is 10.5 Å². The van der Waals surface area contributed by atoms with Gasteiger partial charge in [-0.25, -0.2) is 17.9 Å². The monoisotopic (exact) mass is 387 g/mol. The number of hydrogen-bond acceptors (Lipinski definition) is 6. The maximum Gasteiger partial charge on any atom is 0.341 e. The molecule has 1 aliphatic heterocycles. The second-order valence-electron chi connectivity index (χ2n) is 6.06. The number of aromatic nitrogens is 1. The molecule has 1 atom stereocenters. The van der Waals surface area contributed by atoms with Crippen molar-refractivity contribution in [3.63, 3.8) is 0 Å². The van der Waals surface area contributed by atoms with Gasteiger partial charge in [0.2, 0.25) is 15.9 Å². The lowest BCUT2D eigenvalue weighted by molar-refractivity contribution is -0.120. The van der Waals surface area contributed by atoms with Gasteiger partial charge in [-0.3, -0.25) is 4.79 Å². The van der Waals surface area contributed by atoms with Crippen LogP contribution >= 0.6 is 0 Å². The summed E-state index contributed by atoms with van der Waals surface area (Å²) in [6, 6.07) is 0. The van der Waals surface area contributed by atoms with E-state index in [1.807, 2.05) is 0 Å². The molecule has 0 spiro atoms. The van der Waals surface area contributed by atoms with E-state index in [4.69, 9.17) is 9.47 Å². The Morgan fingerprint density at radius 2 is 2.04 bits per heavy atom. The molecule has 9 nitrogen and oxygen atoms in total. The fourth-order valence-electron chi connectivity index (χ4n) is 2.87. The number of aromatic amines is 1. The van der Waals surface area contributed by atoms with Crippen LogP contribution in [0.2, 0.25) is 0 Å². The second-order valence-corrected chi connectivity index (χ2v) is 7.77. The second kappa shape index (κ2) is 8.65. The Kier molecular flexibility index (Phi) is 6.79. The molecule has 1 aromatic heterocycles.